The molecule has 1 amide bonds. The molecule has 0 saturated carbocycles. The van der Waals surface area contributed by atoms with Crippen LogP contribution in [-0.4, -0.2) is 18.5 Å². The van der Waals surface area contributed by atoms with Crippen LogP contribution in [0.5, 0.6) is 11.5 Å². The number of hydrogen-bond acceptors (Lipinski definition) is 4. The van der Waals surface area contributed by atoms with Crippen molar-refractivity contribution in [3.8, 4) is 11.5 Å². The van der Waals surface area contributed by atoms with Gasteiger partial charge in [0, 0.05) is 0 Å². The topological polar surface area (TPSA) is 64.6 Å². The Morgan fingerprint density at radius 2 is 1.67 bits per heavy atom. The lowest BCUT2D eigenvalue weighted by Gasteiger charge is -2.11. The summed E-state index contributed by atoms with van der Waals surface area (Å²) in [5.41, 5.74) is 0.402. The molecular weight excluding hydrogens is 270 g/mol. The van der Waals surface area contributed by atoms with Gasteiger partial charge in [-0.25, -0.2) is 4.79 Å². The minimum Gasteiger partial charge on any atom is -0.459 e. The Kier molecular flexibility index (Phi) is 4.93. The van der Waals surface area contributed by atoms with Crippen molar-refractivity contribution in [3.63, 3.8) is 0 Å². The standard InChI is InChI=1S/C16H15NO4/c1-2-20-16(19)15(18)17-13-10-6-7-11-14(13)21-12-8-4-3-5-9-12/h3-11H,2H2,1H3,(H,17,18). The van der Waals surface area contributed by atoms with Crippen LogP contribution < -0.4 is 10.1 Å². The van der Waals surface area contributed by atoms with Gasteiger partial charge < -0.3 is 14.8 Å². The molecule has 0 radical (unpaired) electrons. The number of rotatable bonds is 4. The molecule has 0 aliphatic heterocycles. The first-order chi connectivity index (χ1) is 10.2. The van der Waals surface area contributed by atoms with Crippen LogP contribution in [0.3, 0.4) is 0 Å². The first-order valence-electron chi connectivity index (χ1n) is 6.50. The van der Waals surface area contributed by atoms with Crippen molar-refractivity contribution in [2.24, 2.45) is 0 Å². The maximum Gasteiger partial charge on any atom is 0.397 e. The average Bonchev–Trinajstić information content (AvgIpc) is 2.50. The van der Waals surface area contributed by atoms with Gasteiger partial charge in [0.1, 0.15) is 5.75 Å². The molecule has 2 aromatic carbocycles. The minimum absolute atomic E-state index is 0.147. The quantitative estimate of drug-likeness (QED) is 0.693. The monoisotopic (exact) mass is 285 g/mol. The van der Waals surface area contributed by atoms with E-state index in [1.165, 1.54) is 0 Å². The molecule has 5 nitrogen and oxygen atoms in total. The molecule has 5 heteroatoms. The first kappa shape index (κ1) is 14.6. The maximum absolute atomic E-state index is 11.7. The predicted octanol–water partition coefficient (Wildman–Crippen LogP) is 2.98. The van der Waals surface area contributed by atoms with Gasteiger partial charge >= 0.3 is 11.9 Å². The summed E-state index contributed by atoms with van der Waals surface area (Å²) in [6.07, 6.45) is 0. The fourth-order valence-corrected chi connectivity index (χ4v) is 1.64. The smallest absolute Gasteiger partial charge is 0.397 e. The lowest BCUT2D eigenvalue weighted by Crippen LogP contribution is -2.25. The largest absolute Gasteiger partial charge is 0.459 e. The summed E-state index contributed by atoms with van der Waals surface area (Å²) in [6, 6.07) is 16.0. The van der Waals surface area contributed by atoms with E-state index in [0.717, 1.165) is 0 Å². The summed E-state index contributed by atoms with van der Waals surface area (Å²) in [7, 11) is 0. The number of anilines is 1. The minimum atomic E-state index is -0.924. The Hall–Kier alpha value is -2.82. The Labute approximate surface area is 122 Å². The molecule has 2 rings (SSSR count). The number of nitrogens with one attached hydrogen (secondary N) is 1. The highest BCUT2D eigenvalue weighted by Crippen LogP contribution is 2.28. The molecule has 0 aliphatic carbocycles. The van der Waals surface area contributed by atoms with E-state index in [1.54, 1.807) is 43.3 Å². The van der Waals surface area contributed by atoms with Gasteiger partial charge in [0.05, 0.1) is 12.3 Å². The highest BCUT2D eigenvalue weighted by molar-refractivity contribution is 6.37. The van der Waals surface area contributed by atoms with Gasteiger partial charge in [-0.15, -0.1) is 0 Å². The van der Waals surface area contributed by atoms with Crippen LogP contribution in [0.4, 0.5) is 5.69 Å². The molecule has 0 fully saturated rings. The highest BCUT2D eigenvalue weighted by atomic mass is 16.5. The SMILES string of the molecule is CCOC(=O)C(=O)Nc1ccccc1Oc1ccccc1. The first-order valence-corrected chi connectivity index (χ1v) is 6.50. The summed E-state index contributed by atoms with van der Waals surface area (Å²) in [5.74, 6) is -0.676. The summed E-state index contributed by atoms with van der Waals surface area (Å²) in [6.45, 7) is 1.78. The highest BCUT2D eigenvalue weighted by Gasteiger charge is 2.16. The molecular formula is C16H15NO4. The van der Waals surface area contributed by atoms with Gasteiger partial charge in [-0.3, -0.25) is 4.79 Å². The van der Waals surface area contributed by atoms with E-state index in [1.807, 2.05) is 18.2 Å². The molecule has 0 spiro atoms. The van der Waals surface area contributed by atoms with Crippen LogP contribution in [0.15, 0.2) is 54.6 Å². The van der Waals surface area contributed by atoms with Crippen molar-refractivity contribution in [2.45, 2.75) is 6.92 Å². The third-order valence-corrected chi connectivity index (χ3v) is 2.57. The zero-order valence-corrected chi connectivity index (χ0v) is 11.5. The van der Waals surface area contributed by atoms with Crippen molar-refractivity contribution >= 4 is 17.6 Å². The van der Waals surface area contributed by atoms with Gasteiger partial charge in [0.25, 0.3) is 0 Å². The second-order valence-corrected chi connectivity index (χ2v) is 4.09. The van der Waals surface area contributed by atoms with Crippen LogP contribution in [0.25, 0.3) is 0 Å². The summed E-state index contributed by atoms with van der Waals surface area (Å²) in [5, 5.41) is 2.48. The third-order valence-electron chi connectivity index (χ3n) is 2.57. The predicted molar refractivity (Wildman–Crippen MR) is 78.2 cm³/mol. The van der Waals surface area contributed by atoms with Crippen molar-refractivity contribution < 1.29 is 19.1 Å². The van der Waals surface area contributed by atoms with Crippen molar-refractivity contribution in [2.75, 3.05) is 11.9 Å². The van der Waals surface area contributed by atoms with E-state index in [0.29, 0.717) is 17.2 Å². The summed E-state index contributed by atoms with van der Waals surface area (Å²) < 4.78 is 10.3. The van der Waals surface area contributed by atoms with E-state index in [4.69, 9.17) is 4.74 Å². The number of amides is 1. The van der Waals surface area contributed by atoms with Crippen LogP contribution >= 0.6 is 0 Å². The Morgan fingerprint density at radius 3 is 2.38 bits per heavy atom. The van der Waals surface area contributed by atoms with E-state index in [9.17, 15) is 9.59 Å². The van der Waals surface area contributed by atoms with E-state index < -0.39 is 11.9 Å². The zero-order valence-electron chi connectivity index (χ0n) is 11.5. The molecule has 2 aromatic rings. The molecule has 0 unspecified atom stereocenters. The van der Waals surface area contributed by atoms with Crippen molar-refractivity contribution in [3.05, 3.63) is 54.6 Å². The number of para-hydroxylation sites is 3. The van der Waals surface area contributed by atoms with Gasteiger partial charge in [-0.1, -0.05) is 30.3 Å². The molecule has 0 aliphatic rings. The van der Waals surface area contributed by atoms with E-state index in [2.05, 4.69) is 10.1 Å². The molecule has 108 valence electrons. The van der Waals surface area contributed by atoms with Crippen LogP contribution in [0.2, 0.25) is 0 Å². The van der Waals surface area contributed by atoms with E-state index >= 15 is 0 Å². The normalized spacial score (nSPS) is 9.76. The summed E-state index contributed by atoms with van der Waals surface area (Å²) in [4.78, 5) is 23.0. The lowest BCUT2D eigenvalue weighted by molar-refractivity contribution is -0.152. The fraction of sp³-hybridized carbons (Fsp3) is 0.125. The van der Waals surface area contributed by atoms with Crippen molar-refractivity contribution in [1.82, 2.24) is 0 Å². The molecule has 0 saturated heterocycles. The van der Waals surface area contributed by atoms with Gasteiger partial charge in [0.2, 0.25) is 0 Å². The molecule has 1 N–H and O–H groups in total. The van der Waals surface area contributed by atoms with Crippen LogP contribution in [0.1, 0.15) is 6.92 Å². The van der Waals surface area contributed by atoms with Gasteiger partial charge in [0.15, 0.2) is 5.75 Å². The van der Waals surface area contributed by atoms with Crippen LogP contribution in [0, 0.1) is 0 Å². The van der Waals surface area contributed by atoms with Gasteiger partial charge in [-0.2, -0.15) is 0 Å². The molecule has 0 aromatic heterocycles. The number of carbonyl (C=O) groups excluding carboxylic acids is 2. The maximum atomic E-state index is 11.7. The van der Waals surface area contributed by atoms with Crippen molar-refractivity contribution in [1.29, 1.82) is 0 Å². The number of benzene rings is 2. The number of ether oxygens (including phenoxy) is 2. The second kappa shape index (κ2) is 7.09. The molecule has 0 heterocycles. The van der Waals surface area contributed by atoms with E-state index in [-0.39, 0.29) is 6.61 Å². The number of carbonyl (C=O) groups is 2. The third kappa shape index (κ3) is 4.07. The number of hydrogen-bond donors (Lipinski definition) is 1. The molecule has 0 atom stereocenters. The Morgan fingerprint density at radius 1 is 1.00 bits per heavy atom. The van der Waals surface area contributed by atoms with Gasteiger partial charge in [-0.05, 0) is 31.2 Å². The number of esters is 1. The second-order valence-electron chi connectivity index (χ2n) is 4.09. The average molecular weight is 285 g/mol. The fourth-order valence-electron chi connectivity index (χ4n) is 1.64. The Bertz CT molecular complexity index is 625. The summed E-state index contributed by atoms with van der Waals surface area (Å²) >= 11 is 0. The van der Waals surface area contributed by atoms with Crippen LogP contribution in [-0.2, 0) is 14.3 Å². The molecule has 21 heavy (non-hydrogen) atoms. The molecule has 0 bridgehead atoms. The Balaban J connectivity index is 2.14. The lowest BCUT2D eigenvalue weighted by atomic mass is 10.3. The zero-order chi connectivity index (χ0) is 15.1.